The van der Waals surface area contributed by atoms with E-state index in [9.17, 15) is 14.4 Å². The number of anilines is 1. The number of hydrogen-bond donors (Lipinski definition) is 2. The van der Waals surface area contributed by atoms with Crippen LogP contribution in [0.1, 0.15) is 27.8 Å². The highest BCUT2D eigenvalue weighted by Gasteiger charge is 2.24. The molecule has 3 rings (SSSR count). The van der Waals surface area contributed by atoms with E-state index in [0.717, 1.165) is 5.01 Å². The largest absolute Gasteiger partial charge is 0.319 e. The van der Waals surface area contributed by atoms with Crippen LogP contribution in [0.25, 0.3) is 5.82 Å². The Morgan fingerprint density at radius 2 is 1.88 bits per heavy atom. The molecule has 2 aromatic heterocycles. The molecule has 0 spiro atoms. The van der Waals surface area contributed by atoms with E-state index < -0.39 is 17.7 Å². The second-order valence-corrected chi connectivity index (χ2v) is 9.13. The van der Waals surface area contributed by atoms with Crippen molar-refractivity contribution in [3.63, 3.8) is 0 Å². The van der Waals surface area contributed by atoms with Crippen molar-refractivity contribution in [3.05, 3.63) is 73.0 Å². The minimum absolute atomic E-state index is 0.0713. The fourth-order valence-corrected chi connectivity index (χ4v) is 4.39. The van der Waals surface area contributed by atoms with Crippen LogP contribution in [0.15, 0.2) is 51.7 Å². The van der Waals surface area contributed by atoms with Crippen LogP contribution < -0.4 is 10.7 Å². The third-order valence-electron chi connectivity index (χ3n) is 4.14. The van der Waals surface area contributed by atoms with Crippen molar-refractivity contribution in [1.29, 1.82) is 0 Å². The molecular weight excluding hydrogens is 589 g/mol. The Kier molecular flexibility index (Phi) is 7.60. The molecule has 2 N–H and O–H groups in total. The summed E-state index contributed by atoms with van der Waals surface area (Å²) in [6.07, 6.45) is 3.21. The van der Waals surface area contributed by atoms with Gasteiger partial charge >= 0.3 is 0 Å². The van der Waals surface area contributed by atoms with E-state index in [4.69, 9.17) is 23.2 Å². The zero-order valence-electron chi connectivity index (χ0n) is 16.6. The molecule has 2 heterocycles. The van der Waals surface area contributed by atoms with Crippen molar-refractivity contribution in [2.24, 2.45) is 0 Å². The zero-order valence-corrected chi connectivity index (χ0v) is 21.3. The first-order chi connectivity index (χ1) is 15.1. The molecule has 1 aromatic carbocycles. The molecule has 0 saturated heterocycles. The molecular formula is C20H15Br2Cl2N5O3. The second kappa shape index (κ2) is 10.0. The maximum Gasteiger partial charge on any atom is 0.274 e. The molecule has 0 aliphatic rings. The number of nitrogens with one attached hydrogen (secondary N) is 2. The number of pyridine rings is 1. The van der Waals surface area contributed by atoms with E-state index in [1.165, 1.54) is 30.7 Å². The lowest BCUT2D eigenvalue weighted by molar-refractivity contribution is -0.122. The van der Waals surface area contributed by atoms with Crippen molar-refractivity contribution in [2.45, 2.75) is 6.92 Å². The van der Waals surface area contributed by atoms with Gasteiger partial charge in [0.2, 0.25) is 5.91 Å². The smallest absolute Gasteiger partial charge is 0.274 e. The SMILES string of the molecule is CC(=O)NN(C)C(=O)c1cc(Cl)cc(Br)c1NC(=O)c1cc(Br)cn1-c1ncccc1Cl. The zero-order chi connectivity index (χ0) is 23.6. The number of carbonyl (C=O) groups is 3. The van der Waals surface area contributed by atoms with Gasteiger partial charge in [-0.05, 0) is 62.2 Å². The van der Waals surface area contributed by atoms with Gasteiger partial charge < -0.3 is 5.32 Å². The number of halogens is 4. The predicted octanol–water partition coefficient (Wildman–Crippen LogP) is 5.08. The molecule has 3 aromatic rings. The highest BCUT2D eigenvalue weighted by molar-refractivity contribution is 9.10. The Morgan fingerprint density at radius 1 is 1.16 bits per heavy atom. The van der Waals surface area contributed by atoms with Gasteiger partial charge in [0.1, 0.15) is 5.69 Å². The van der Waals surface area contributed by atoms with Crippen molar-refractivity contribution in [2.75, 3.05) is 12.4 Å². The maximum absolute atomic E-state index is 13.2. The number of rotatable bonds is 4. The van der Waals surface area contributed by atoms with Gasteiger partial charge in [0.25, 0.3) is 11.8 Å². The minimum Gasteiger partial charge on any atom is -0.319 e. The fourth-order valence-electron chi connectivity index (χ4n) is 2.85. The summed E-state index contributed by atoms with van der Waals surface area (Å²) in [6.45, 7) is 1.27. The first-order valence-corrected chi connectivity index (χ1v) is 11.3. The summed E-state index contributed by atoms with van der Waals surface area (Å²) < 4.78 is 2.53. The van der Waals surface area contributed by atoms with Crippen LogP contribution in [0.2, 0.25) is 10.0 Å². The Balaban J connectivity index is 2.02. The van der Waals surface area contributed by atoms with E-state index in [2.05, 4.69) is 47.6 Å². The Labute approximate surface area is 210 Å². The molecule has 0 aliphatic carbocycles. The van der Waals surface area contributed by atoms with Gasteiger partial charge in [0.05, 0.1) is 16.3 Å². The summed E-state index contributed by atoms with van der Waals surface area (Å²) in [5, 5.41) is 4.36. The topological polar surface area (TPSA) is 96.3 Å². The Bertz CT molecular complexity index is 1230. The molecule has 0 atom stereocenters. The van der Waals surface area contributed by atoms with E-state index in [0.29, 0.717) is 19.8 Å². The predicted molar refractivity (Wildman–Crippen MR) is 129 cm³/mol. The highest BCUT2D eigenvalue weighted by atomic mass is 79.9. The lowest BCUT2D eigenvalue weighted by atomic mass is 10.1. The maximum atomic E-state index is 13.2. The lowest BCUT2D eigenvalue weighted by Gasteiger charge is -2.20. The van der Waals surface area contributed by atoms with E-state index >= 15 is 0 Å². The molecule has 0 aliphatic heterocycles. The second-order valence-electron chi connectivity index (χ2n) is 6.52. The van der Waals surface area contributed by atoms with Gasteiger partial charge in [0.15, 0.2) is 5.82 Å². The third kappa shape index (κ3) is 5.32. The van der Waals surface area contributed by atoms with Crippen molar-refractivity contribution < 1.29 is 14.4 Å². The molecule has 0 fully saturated rings. The molecule has 3 amide bonds. The van der Waals surface area contributed by atoms with Crippen LogP contribution in [0, 0.1) is 0 Å². The molecule has 0 bridgehead atoms. The third-order valence-corrected chi connectivity index (χ3v) is 5.71. The van der Waals surface area contributed by atoms with Crippen LogP contribution in [-0.2, 0) is 4.79 Å². The lowest BCUT2D eigenvalue weighted by Crippen LogP contribution is -2.42. The summed E-state index contributed by atoms with van der Waals surface area (Å²) in [5.41, 5.74) is 2.84. The molecule has 12 heteroatoms. The molecule has 0 saturated carbocycles. The number of nitrogens with zero attached hydrogens (tertiary/aromatic N) is 3. The van der Waals surface area contributed by atoms with Gasteiger partial charge in [-0.25, -0.2) is 4.98 Å². The Hall–Kier alpha value is -2.40. The van der Waals surface area contributed by atoms with E-state index in [1.807, 2.05) is 0 Å². The van der Waals surface area contributed by atoms with Crippen LogP contribution in [0.4, 0.5) is 5.69 Å². The number of hydrazine groups is 1. The fraction of sp³-hybridized carbons (Fsp3) is 0.100. The highest BCUT2D eigenvalue weighted by Crippen LogP contribution is 2.32. The van der Waals surface area contributed by atoms with Gasteiger partial charge in [0, 0.05) is 40.3 Å². The van der Waals surface area contributed by atoms with E-state index in [1.54, 1.807) is 30.6 Å². The van der Waals surface area contributed by atoms with Crippen LogP contribution in [0.3, 0.4) is 0 Å². The van der Waals surface area contributed by atoms with Crippen molar-refractivity contribution >= 4 is 78.5 Å². The normalized spacial score (nSPS) is 10.6. The van der Waals surface area contributed by atoms with Gasteiger partial charge in [-0.2, -0.15) is 0 Å². The summed E-state index contributed by atoms with van der Waals surface area (Å²) >= 11 is 19.1. The average Bonchev–Trinajstić information content (AvgIpc) is 3.10. The molecule has 0 radical (unpaired) electrons. The number of hydrogen-bond acceptors (Lipinski definition) is 4. The van der Waals surface area contributed by atoms with Gasteiger partial charge in [-0.15, -0.1) is 0 Å². The first kappa shape index (κ1) is 24.2. The Morgan fingerprint density at radius 3 is 2.53 bits per heavy atom. The minimum atomic E-state index is -0.581. The number of carbonyl (C=O) groups excluding carboxylic acids is 3. The van der Waals surface area contributed by atoms with Crippen LogP contribution in [-0.4, -0.2) is 39.3 Å². The first-order valence-electron chi connectivity index (χ1n) is 8.93. The number of aromatic nitrogens is 2. The van der Waals surface area contributed by atoms with Crippen LogP contribution in [0.5, 0.6) is 0 Å². The summed E-state index contributed by atoms with van der Waals surface area (Å²) in [6, 6.07) is 7.86. The molecule has 0 unspecified atom stereocenters. The molecule has 166 valence electrons. The number of benzene rings is 1. The molecule has 8 nitrogen and oxygen atoms in total. The summed E-state index contributed by atoms with van der Waals surface area (Å²) in [5.74, 6) is -1.18. The standard InChI is InChI=1S/C20H15Br2Cl2N5O3/c1-10(30)27-28(2)20(32)13-7-12(23)8-14(22)17(13)26-19(31)16-6-11(21)9-29(16)18-15(24)4-3-5-25-18/h3-9H,1-2H3,(H,26,31)(H,27,30). The number of amides is 3. The van der Waals surface area contributed by atoms with Crippen LogP contribution >= 0.6 is 55.1 Å². The monoisotopic (exact) mass is 601 g/mol. The summed E-state index contributed by atoms with van der Waals surface area (Å²) in [4.78, 5) is 41.7. The quantitative estimate of drug-likeness (QED) is 0.407. The summed E-state index contributed by atoms with van der Waals surface area (Å²) in [7, 11) is 1.38. The van der Waals surface area contributed by atoms with Crippen molar-refractivity contribution in [3.8, 4) is 5.82 Å². The molecule has 32 heavy (non-hydrogen) atoms. The van der Waals surface area contributed by atoms with E-state index in [-0.39, 0.29) is 22.0 Å². The average molecular weight is 604 g/mol. The van der Waals surface area contributed by atoms with Crippen molar-refractivity contribution in [1.82, 2.24) is 20.0 Å². The van der Waals surface area contributed by atoms with Gasteiger partial charge in [-0.1, -0.05) is 23.2 Å². The van der Waals surface area contributed by atoms with Gasteiger partial charge in [-0.3, -0.25) is 29.4 Å².